The second-order valence-electron chi connectivity index (χ2n) is 21.9. The molecule has 1 aromatic heterocycles. The van der Waals surface area contributed by atoms with Gasteiger partial charge in [-0.2, -0.15) is 0 Å². The van der Waals surface area contributed by atoms with Crippen LogP contribution in [0.15, 0.2) is 18.2 Å². The van der Waals surface area contributed by atoms with Gasteiger partial charge in [-0.1, -0.05) is 295 Å². The Labute approximate surface area is 396 Å². The molecular formula is C60H113N3. The predicted octanol–water partition coefficient (Wildman–Crippen LogP) is 20.3. The average Bonchev–Trinajstić information content (AvgIpc) is 4.06. The van der Waals surface area contributed by atoms with Gasteiger partial charge in [0.05, 0.1) is 0 Å². The summed E-state index contributed by atoms with van der Waals surface area (Å²) in [5.41, 5.74) is 1.71. The van der Waals surface area contributed by atoms with Gasteiger partial charge in [0.25, 0.3) is 0 Å². The Bertz CT molecular complexity index is 1080. The van der Waals surface area contributed by atoms with Gasteiger partial charge >= 0.3 is 0 Å². The standard InChI is InChI=1S/C60H113N3/c1-57-49-48-50-59(63-57)62-56-58-55-60(52-53-60)51-46-44-42-40-38-36-34-32-30-28-26-24-22-20-18-16-14-12-10-8-6-4-2-3-5-7-9-11-13-15-17-19-21-23-25-27-29-31-33-35-37-39-41-43-45-47-54-61-58/h48-50,58,61H,2-47,51-56H2,1H3,(H,62,63). The second kappa shape index (κ2) is 42.3. The third-order valence-electron chi connectivity index (χ3n) is 15.6. The molecule has 0 bridgehead atoms. The molecule has 1 saturated heterocycles. The lowest BCUT2D eigenvalue weighted by molar-refractivity contribution is 0.339. The maximum atomic E-state index is 4.75. The van der Waals surface area contributed by atoms with Crippen LogP contribution in [0.4, 0.5) is 5.82 Å². The number of nitrogens with zero attached hydrogens (tertiary/aromatic N) is 1. The number of hydrogen-bond donors (Lipinski definition) is 2. The maximum Gasteiger partial charge on any atom is 0.126 e. The van der Waals surface area contributed by atoms with Gasteiger partial charge in [0.2, 0.25) is 0 Å². The SMILES string of the molecule is Cc1cccc(NCC2CC3(CCCCCCCCCCCCCCCCCCCCCCCCCCCCCCCCCCCCCCCCCCCCCCCCN2)CC3)n1. The zero-order valence-corrected chi connectivity index (χ0v) is 43.0. The summed E-state index contributed by atoms with van der Waals surface area (Å²) in [7, 11) is 0. The van der Waals surface area contributed by atoms with Gasteiger partial charge in [-0.15, -0.1) is 0 Å². The molecule has 1 atom stereocenters. The first-order chi connectivity index (χ1) is 31.3. The van der Waals surface area contributed by atoms with Crippen LogP contribution >= 0.6 is 0 Å². The van der Waals surface area contributed by atoms with Gasteiger partial charge in [-0.05, 0) is 63.1 Å². The number of aryl methyl sites for hydroxylation is 1. The minimum Gasteiger partial charge on any atom is -0.369 e. The van der Waals surface area contributed by atoms with Crippen molar-refractivity contribution in [3.63, 3.8) is 0 Å². The molecule has 1 aliphatic heterocycles. The molecule has 3 nitrogen and oxygen atoms in total. The first-order valence-electron chi connectivity index (χ1n) is 29.7. The smallest absolute Gasteiger partial charge is 0.126 e. The number of anilines is 1. The largest absolute Gasteiger partial charge is 0.369 e. The van der Waals surface area contributed by atoms with Crippen molar-refractivity contribution in [1.82, 2.24) is 10.3 Å². The lowest BCUT2D eigenvalue weighted by atomic mass is 9.90. The van der Waals surface area contributed by atoms with Crippen molar-refractivity contribution in [2.24, 2.45) is 5.41 Å². The van der Waals surface area contributed by atoms with E-state index in [9.17, 15) is 0 Å². The second-order valence-corrected chi connectivity index (χ2v) is 21.9. The van der Waals surface area contributed by atoms with Gasteiger partial charge in [0.1, 0.15) is 5.82 Å². The highest BCUT2D eigenvalue weighted by Crippen LogP contribution is 2.53. The molecule has 0 radical (unpaired) electrons. The number of pyridine rings is 1. The van der Waals surface area contributed by atoms with E-state index in [-0.39, 0.29) is 0 Å². The van der Waals surface area contributed by atoms with Crippen LogP contribution in [0.2, 0.25) is 0 Å². The Balaban J connectivity index is 1.25. The number of nitrogens with one attached hydrogen (secondary N) is 2. The fourth-order valence-electron chi connectivity index (χ4n) is 11.1. The summed E-state index contributed by atoms with van der Waals surface area (Å²) < 4.78 is 0. The highest BCUT2D eigenvalue weighted by molar-refractivity contribution is 5.35. The van der Waals surface area contributed by atoms with E-state index in [0.29, 0.717) is 11.5 Å². The van der Waals surface area contributed by atoms with Crippen LogP contribution in [0.1, 0.15) is 327 Å². The molecule has 1 unspecified atom stereocenters. The highest BCUT2D eigenvalue weighted by atomic mass is 15.0. The fourth-order valence-corrected chi connectivity index (χ4v) is 11.1. The minimum absolute atomic E-state index is 0.547. The zero-order valence-electron chi connectivity index (χ0n) is 43.0. The molecule has 0 amide bonds. The van der Waals surface area contributed by atoms with E-state index >= 15 is 0 Å². The monoisotopic (exact) mass is 876 g/mol. The Morgan fingerprint density at radius 2 is 0.683 bits per heavy atom. The quantitative estimate of drug-likeness (QED) is 0.318. The number of rotatable bonds is 3. The van der Waals surface area contributed by atoms with E-state index in [0.717, 1.165) is 18.1 Å². The Kier molecular flexibility index (Phi) is 37.7. The summed E-state index contributed by atoms with van der Waals surface area (Å²) in [6.45, 7) is 4.27. The number of aromatic nitrogens is 1. The number of hydrogen-bond acceptors (Lipinski definition) is 3. The summed E-state index contributed by atoms with van der Waals surface area (Å²) in [5.74, 6) is 1.04. The summed E-state index contributed by atoms with van der Waals surface area (Å²) in [6, 6.07) is 6.92. The first-order valence-corrected chi connectivity index (χ1v) is 29.7. The molecule has 1 spiro atoms. The van der Waals surface area contributed by atoms with Crippen molar-refractivity contribution in [1.29, 1.82) is 0 Å². The summed E-state index contributed by atoms with van der Waals surface area (Å²) in [4.78, 5) is 4.75. The maximum absolute atomic E-state index is 4.75. The molecule has 3 heteroatoms. The van der Waals surface area contributed by atoms with E-state index in [1.807, 2.05) is 0 Å². The van der Waals surface area contributed by atoms with Crippen molar-refractivity contribution < 1.29 is 0 Å². The van der Waals surface area contributed by atoms with E-state index in [1.165, 1.54) is 328 Å². The molecule has 3 rings (SSSR count). The van der Waals surface area contributed by atoms with E-state index in [4.69, 9.17) is 4.98 Å². The molecular weight excluding hydrogens is 763 g/mol. The zero-order chi connectivity index (χ0) is 44.2. The topological polar surface area (TPSA) is 37.0 Å². The van der Waals surface area contributed by atoms with Crippen LogP contribution in [0, 0.1) is 12.3 Å². The van der Waals surface area contributed by atoms with Gasteiger partial charge < -0.3 is 10.6 Å². The van der Waals surface area contributed by atoms with Crippen LogP contribution in [0.25, 0.3) is 0 Å². The lowest BCUT2D eigenvalue weighted by Gasteiger charge is -2.25. The Morgan fingerprint density at radius 3 is 0.968 bits per heavy atom. The van der Waals surface area contributed by atoms with Crippen LogP contribution < -0.4 is 10.6 Å². The van der Waals surface area contributed by atoms with Gasteiger partial charge in [0.15, 0.2) is 0 Å². The van der Waals surface area contributed by atoms with Crippen molar-refractivity contribution in [2.75, 3.05) is 18.4 Å². The van der Waals surface area contributed by atoms with Crippen molar-refractivity contribution in [2.45, 2.75) is 334 Å². The Morgan fingerprint density at radius 1 is 0.397 bits per heavy atom. The van der Waals surface area contributed by atoms with Crippen molar-refractivity contribution >= 4 is 5.82 Å². The predicted molar refractivity (Wildman–Crippen MR) is 283 cm³/mol. The Hall–Kier alpha value is -1.09. The van der Waals surface area contributed by atoms with E-state index in [2.05, 4.69) is 35.8 Å². The molecule has 2 N–H and O–H groups in total. The summed E-state index contributed by atoms with van der Waals surface area (Å²) >= 11 is 0. The summed E-state index contributed by atoms with van der Waals surface area (Å²) in [5, 5.41) is 7.75. The molecule has 368 valence electrons. The molecule has 1 saturated carbocycles. The molecule has 2 fully saturated rings. The van der Waals surface area contributed by atoms with Crippen LogP contribution in [-0.2, 0) is 0 Å². The van der Waals surface area contributed by atoms with Gasteiger partial charge in [-0.25, -0.2) is 4.98 Å². The summed E-state index contributed by atoms with van der Waals surface area (Å²) in [6.07, 6.45) is 73.5. The fraction of sp³-hybridized carbons (Fsp3) is 0.917. The highest BCUT2D eigenvalue weighted by Gasteiger charge is 2.43. The minimum atomic E-state index is 0.547. The molecule has 63 heavy (non-hydrogen) atoms. The molecule has 0 aromatic carbocycles. The van der Waals surface area contributed by atoms with E-state index in [1.54, 1.807) is 0 Å². The van der Waals surface area contributed by atoms with Gasteiger partial charge in [-0.3, -0.25) is 0 Å². The van der Waals surface area contributed by atoms with E-state index < -0.39 is 0 Å². The molecule has 1 aliphatic carbocycles. The van der Waals surface area contributed by atoms with Crippen molar-refractivity contribution in [3.05, 3.63) is 23.9 Å². The third-order valence-corrected chi connectivity index (χ3v) is 15.6. The average molecular weight is 877 g/mol. The molecule has 1 aromatic rings. The van der Waals surface area contributed by atoms with Crippen molar-refractivity contribution in [3.8, 4) is 0 Å². The third kappa shape index (κ3) is 35.7. The molecule has 2 aliphatic rings. The van der Waals surface area contributed by atoms with Crippen LogP contribution in [0.3, 0.4) is 0 Å². The normalized spacial score (nSPS) is 24.5. The lowest BCUT2D eigenvalue weighted by Crippen LogP contribution is -2.38. The van der Waals surface area contributed by atoms with Crippen LogP contribution in [0.5, 0.6) is 0 Å². The van der Waals surface area contributed by atoms with Gasteiger partial charge in [0, 0.05) is 18.3 Å². The molecule has 2 heterocycles. The van der Waals surface area contributed by atoms with Crippen LogP contribution in [-0.4, -0.2) is 24.1 Å². The first kappa shape index (κ1) is 56.2.